The van der Waals surface area contributed by atoms with Crippen molar-refractivity contribution < 1.29 is 9.18 Å². The molecule has 0 aromatic carbocycles. The molecule has 0 saturated carbocycles. The number of aromatic nitrogens is 1. The fourth-order valence-electron chi connectivity index (χ4n) is 1.40. The number of hydrogen-bond donors (Lipinski definition) is 1. The average Bonchev–Trinajstić information content (AvgIpc) is 2.34. The number of carbonyl (C=O) groups is 1. The quantitative estimate of drug-likeness (QED) is 0.762. The number of rotatable bonds is 7. The van der Waals surface area contributed by atoms with Crippen LogP contribution in [0.25, 0.3) is 0 Å². The normalized spacial score (nSPS) is 10.2. The number of unbranched alkanes of at least 4 members (excludes halogenated alkanes) is 2. The average molecular weight is 256 g/mol. The highest BCUT2D eigenvalue weighted by atomic mass is 32.2. The van der Waals surface area contributed by atoms with Gasteiger partial charge in [0.15, 0.2) is 5.82 Å². The third-order valence-corrected chi connectivity index (χ3v) is 3.02. The number of nitrogens with one attached hydrogen (secondary N) is 1. The van der Waals surface area contributed by atoms with Crippen LogP contribution in [0, 0.1) is 5.82 Å². The van der Waals surface area contributed by atoms with Crippen molar-refractivity contribution in [2.75, 3.05) is 18.6 Å². The van der Waals surface area contributed by atoms with Gasteiger partial charge in [-0.05, 0) is 30.9 Å². The predicted octanol–water partition coefficient (Wildman–Crippen LogP) is 2.48. The van der Waals surface area contributed by atoms with Gasteiger partial charge < -0.3 is 5.32 Å². The van der Waals surface area contributed by atoms with Crippen molar-refractivity contribution in [3.63, 3.8) is 0 Å². The fourth-order valence-corrected chi connectivity index (χ4v) is 1.90. The number of hydrogen-bond acceptors (Lipinski definition) is 3. The van der Waals surface area contributed by atoms with Gasteiger partial charge in [0, 0.05) is 12.7 Å². The molecule has 1 N–H and O–H groups in total. The van der Waals surface area contributed by atoms with E-state index < -0.39 is 5.82 Å². The Labute approximate surface area is 105 Å². The molecule has 0 bridgehead atoms. The van der Waals surface area contributed by atoms with Crippen LogP contribution in [-0.4, -0.2) is 29.4 Å². The smallest absolute Gasteiger partial charge is 0.254 e. The number of halogens is 1. The summed E-state index contributed by atoms with van der Waals surface area (Å²) in [7, 11) is 0. The maximum Gasteiger partial charge on any atom is 0.254 e. The minimum atomic E-state index is -0.576. The number of pyridine rings is 1. The summed E-state index contributed by atoms with van der Waals surface area (Å²) in [4.78, 5) is 15.2. The van der Waals surface area contributed by atoms with Crippen LogP contribution in [0.4, 0.5) is 4.39 Å². The molecule has 0 radical (unpaired) electrons. The third kappa shape index (κ3) is 5.17. The van der Waals surface area contributed by atoms with E-state index in [2.05, 4.69) is 16.6 Å². The van der Waals surface area contributed by atoms with E-state index in [0.717, 1.165) is 31.2 Å². The van der Waals surface area contributed by atoms with E-state index in [9.17, 15) is 9.18 Å². The molecule has 0 aliphatic carbocycles. The molecular weight excluding hydrogens is 239 g/mol. The molecule has 0 aliphatic heterocycles. The van der Waals surface area contributed by atoms with Gasteiger partial charge in [0.05, 0.1) is 11.8 Å². The highest BCUT2D eigenvalue weighted by molar-refractivity contribution is 7.98. The van der Waals surface area contributed by atoms with Crippen molar-refractivity contribution >= 4 is 17.7 Å². The predicted molar refractivity (Wildman–Crippen MR) is 68.8 cm³/mol. The molecule has 1 heterocycles. The van der Waals surface area contributed by atoms with Crippen LogP contribution in [0.2, 0.25) is 0 Å². The Hall–Kier alpha value is -1.10. The van der Waals surface area contributed by atoms with Crippen molar-refractivity contribution in [1.82, 2.24) is 10.3 Å². The monoisotopic (exact) mass is 256 g/mol. The molecule has 1 amide bonds. The molecule has 5 heteroatoms. The van der Waals surface area contributed by atoms with Gasteiger partial charge in [0.1, 0.15) is 0 Å². The minimum Gasteiger partial charge on any atom is -0.352 e. The number of carbonyl (C=O) groups excluding carboxylic acids is 1. The zero-order valence-corrected chi connectivity index (χ0v) is 10.7. The Morgan fingerprint density at radius 2 is 2.29 bits per heavy atom. The van der Waals surface area contributed by atoms with Gasteiger partial charge >= 0.3 is 0 Å². The fraction of sp³-hybridized carbons (Fsp3) is 0.500. The Kier molecular flexibility index (Phi) is 6.62. The van der Waals surface area contributed by atoms with Crippen molar-refractivity contribution in [2.24, 2.45) is 0 Å². The van der Waals surface area contributed by atoms with Gasteiger partial charge in [-0.15, -0.1) is 0 Å². The summed E-state index contributed by atoms with van der Waals surface area (Å²) in [6, 6.07) is 1.39. The Balaban J connectivity index is 2.24. The van der Waals surface area contributed by atoms with Crippen LogP contribution in [0.1, 0.15) is 29.6 Å². The van der Waals surface area contributed by atoms with Gasteiger partial charge in [-0.2, -0.15) is 11.8 Å². The van der Waals surface area contributed by atoms with Crippen LogP contribution in [0.3, 0.4) is 0 Å². The van der Waals surface area contributed by atoms with E-state index in [0.29, 0.717) is 6.54 Å². The lowest BCUT2D eigenvalue weighted by Gasteiger charge is -2.05. The highest BCUT2D eigenvalue weighted by Crippen LogP contribution is 2.04. The van der Waals surface area contributed by atoms with Crippen molar-refractivity contribution in [2.45, 2.75) is 19.3 Å². The lowest BCUT2D eigenvalue weighted by atomic mass is 10.2. The van der Waals surface area contributed by atoms with E-state index in [-0.39, 0.29) is 11.5 Å². The topological polar surface area (TPSA) is 42.0 Å². The standard InChI is InChI=1S/C12H17FN2OS/c1-17-8-4-2-3-6-15-12(16)10-5-7-14-9-11(10)13/h5,7,9H,2-4,6,8H2,1H3,(H,15,16). The first-order chi connectivity index (χ1) is 8.25. The van der Waals surface area contributed by atoms with Crippen molar-refractivity contribution in [3.05, 3.63) is 29.8 Å². The van der Waals surface area contributed by atoms with E-state index in [1.165, 1.54) is 12.3 Å². The second-order valence-corrected chi connectivity index (χ2v) is 4.65. The van der Waals surface area contributed by atoms with E-state index in [1.54, 1.807) is 0 Å². The lowest BCUT2D eigenvalue weighted by molar-refractivity contribution is 0.0949. The maximum absolute atomic E-state index is 13.2. The molecule has 0 atom stereocenters. The molecule has 0 unspecified atom stereocenters. The summed E-state index contributed by atoms with van der Waals surface area (Å²) in [5.41, 5.74) is 0.0594. The molecule has 1 rings (SSSR count). The minimum absolute atomic E-state index is 0.0594. The van der Waals surface area contributed by atoms with Gasteiger partial charge in [-0.25, -0.2) is 4.39 Å². The summed E-state index contributed by atoms with van der Waals surface area (Å²) in [6.07, 6.45) is 7.71. The van der Waals surface area contributed by atoms with E-state index in [4.69, 9.17) is 0 Å². The molecule has 0 aliphatic rings. The zero-order valence-electron chi connectivity index (χ0n) is 9.91. The summed E-state index contributed by atoms with van der Waals surface area (Å²) in [5.74, 6) is 0.203. The number of amides is 1. The van der Waals surface area contributed by atoms with Crippen LogP contribution in [-0.2, 0) is 0 Å². The summed E-state index contributed by atoms with van der Waals surface area (Å²) in [5, 5.41) is 2.70. The Morgan fingerprint density at radius 1 is 1.47 bits per heavy atom. The Bertz CT molecular complexity index is 360. The van der Waals surface area contributed by atoms with Crippen LogP contribution in [0.5, 0.6) is 0 Å². The number of nitrogens with zero attached hydrogens (tertiary/aromatic N) is 1. The molecule has 3 nitrogen and oxygen atoms in total. The third-order valence-electron chi connectivity index (χ3n) is 2.33. The van der Waals surface area contributed by atoms with Crippen molar-refractivity contribution in [3.8, 4) is 0 Å². The van der Waals surface area contributed by atoms with Gasteiger partial charge in [-0.3, -0.25) is 9.78 Å². The van der Waals surface area contributed by atoms with Gasteiger partial charge in [0.2, 0.25) is 0 Å². The molecule has 0 spiro atoms. The maximum atomic E-state index is 13.2. The van der Waals surface area contributed by atoms with Crippen LogP contribution < -0.4 is 5.32 Å². The molecule has 94 valence electrons. The second kappa shape index (κ2) is 8.06. The number of thioether (sulfide) groups is 1. The van der Waals surface area contributed by atoms with Crippen LogP contribution in [0.15, 0.2) is 18.5 Å². The van der Waals surface area contributed by atoms with E-state index >= 15 is 0 Å². The molecule has 0 fully saturated rings. The highest BCUT2D eigenvalue weighted by Gasteiger charge is 2.09. The zero-order chi connectivity index (χ0) is 12.5. The van der Waals surface area contributed by atoms with Crippen molar-refractivity contribution in [1.29, 1.82) is 0 Å². The molecule has 1 aromatic rings. The first-order valence-electron chi connectivity index (χ1n) is 5.62. The van der Waals surface area contributed by atoms with E-state index in [1.807, 2.05) is 11.8 Å². The SMILES string of the molecule is CSCCCCCNC(=O)c1ccncc1F. The Morgan fingerprint density at radius 3 is 3.00 bits per heavy atom. The largest absolute Gasteiger partial charge is 0.352 e. The first-order valence-corrected chi connectivity index (χ1v) is 7.01. The second-order valence-electron chi connectivity index (χ2n) is 3.66. The summed E-state index contributed by atoms with van der Waals surface area (Å²) < 4.78 is 13.2. The van der Waals surface area contributed by atoms with Crippen LogP contribution >= 0.6 is 11.8 Å². The summed E-state index contributed by atoms with van der Waals surface area (Å²) in [6.45, 7) is 0.592. The first kappa shape index (κ1) is 14.0. The molecule has 0 saturated heterocycles. The molecular formula is C12H17FN2OS. The summed E-state index contributed by atoms with van der Waals surface area (Å²) >= 11 is 1.82. The van der Waals surface area contributed by atoms with Gasteiger partial charge in [-0.1, -0.05) is 6.42 Å². The molecule has 17 heavy (non-hydrogen) atoms. The molecule has 1 aromatic heterocycles. The lowest BCUT2D eigenvalue weighted by Crippen LogP contribution is -2.25. The van der Waals surface area contributed by atoms with Gasteiger partial charge in [0.25, 0.3) is 5.91 Å².